The Kier molecular flexibility index (Phi) is 8.47. The van der Waals surface area contributed by atoms with Crippen molar-refractivity contribution >= 4 is 46.0 Å². The van der Waals surface area contributed by atoms with Gasteiger partial charge in [0.25, 0.3) is 0 Å². The third-order valence-electron chi connectivity index (χ3n) is 4.20. The Balaban J connectivity index is 2.50. The number of benzene rings is 2. The number of esters is 1. The lowest BCUT2D eigenvalue weighted by atomic mass is 10.2. The van der Waals surface area contributed by atoms with E-state index in [4.69, 9.17) is 4.74 Å². The van der Waals surface area contributed by atoms with E-state index in [1.807, 2.05) is 0 Å². The van der Waals surface area contributed by atoms with Crippen molar-refractivity contribution in [1.82, 2.24) is 0 Å². The molecule has 0 unspecified atom stereocenters. The van der Waals surface area contributed by atoms with Crippen molar-refractivity contribution in [2.24, 2.45) is 10.2 Å². The molecule has 2 N–H and O–H groups in total. The zero-order valence-corrected chi connectivity index (χ0v) is 18.2. The Morgan fingerprint density at radius 1 is 1.00 bits per heavy atom. The van der Waals surface area contributed by atoms with Gasteiger partial charge in [-0.15, -0.1) is 10.2 Å². The highest BCUT2D eigenvalue weighted by molar-refractivity contribution is 5.93. The minimum absolute atomic E-state index is 0.0152. The van der Waals surface area contributed by atoms with E-state index in [1.54, 1.807) is 0 Å². The number of azo groups is 1. The highest BCUT2D eigenvalue weighted by Gasteiger charge is 2.25. The molecule has 14 nitrogen and oxygen atoms in total. The molecule has 0 fully saturated rings. The highest BCUT2D eigenvalue weighted by Crippen LogP contribution is 2.39. The van der Waals surface area contributed by atoms with Gasteiger partial charge >= 0.3 is 17.3 Å². The summed E-state index contributed by atoms with van der Waals surface area (Å²) in [6.45, 7) is 1.41. The van der Waals surface area contributed by atoms with Gasteiger partial charge in [0, 0.05) is 25.6 Å². The number of nitrogens with zero attached hydrogens (tertiary/aromatic N) is 4. The van der Waals surface area contributed by atoms with E-state index in [0.29, 0.717) is 17.8 Å². The van der Waals surface area contributed by atoms with E-state index < -0.39 is 44.6 Å². The molecule has 0 spiro atoms. The summed E-state index contributed by atoms with van der Waals surface area (Å²) in [5.74, 6) is -2.04. The van der Waals surface area contributed by atoms with Gasteiger partial charge in [-0.3, -0.25) is 29.8 Å². The number of halogens is 1. The van der Waals surface area contributed by atoms with Gasteiger partial charge in [-0.05, 0) is 6.07 Å². The van der Waals surface area contributed by atoms with Crippen LogP contribution in [0.1, 0.15) is 13.3 Å². The molecule has 0 aromatic heterocycles. The fourth-order valence-corrected chi connectivity index (χ4v) is 2.66. The van der Waals surface area contributed by atoms with Gasteiger partial charge < -0.3 is 20.1 Å². The van der Waals surface area contributed by atoms with Crippen LogP contribution >= 0.6 is 0 Å². The maximum absolute atomic E-state index is 14.0. The SMILES string of the molecule is COC(=O)CCNc1cc(NC(C)=O)c(/N=N/c2cc(F)c([N+](=O)[O-])cc2[N+](=O)[O-])cc1OC. The standard InChI is InChI=1S/C19H19FN6O8/c1-10(27)22-12-7-15(21-5-4-19(28)34-3)18(33-2)8-13(12)23-24-14-6-11(20)16(25(29)30)9-17(14)26(31)32/h6-9,21H,4-5H2,1-3H3,(H,22,27)/b24-23+. The first-order valence-electron chi connectivity index (χ1n) is 9.41. The summed E-state index contributed by atoms with van der Waals surface area (Å²) in [5, 5.41) is 35.1. The number of amides is 1. The molecule has 0 radical (unpaired) electrons. The Morgan fingerprint density at radius 2 is 1.65 bits per heavy atom. The van der Waals surface area contributed by atoms with Crippen molar-refractivity contribution in [1.29, 1.82) is 0 Å². The van der Waals surface area contributed by atoms with Gasteiger partial charge in [0.05, 0.1) is 47.9 Å². The molecule has 0 saturated carbocycles. The van der Waals surface area contributed by atoms with Crippen LogP contribution in [-0.2, 0) is 14.3 Å². The monoisotopic (exact) mass is 478 g/mol. The number of nitro benzene ring substituents is 2. The number of nitro groups is 2. The number of ether oxygens (including phenoxy) is 2. The van der Waals surface area contributed by atoms with Crippen LogP contribution in [0.2, 0.25) is 0 Å². The van der Waals surface area contributed by atoms with Crippen LogP contribution in [0.4, 0.5) is 38.5 Å². The first-order valence-corrected chi connectivity index (χ1v) is 9.41. The number of nitrogens with one attached hydrogen (secondary N) is 2. The molecule has 15 heteroatoms. The van der Waals surface area contributed by atoms with Crippen LogP contribution in [0.25, 0.3) is 0 Å². The largest absolute Gasteiger partial charge is 0.495 e. The lowest BCUT2D eigenvalue weighted by molar-refractivity contribution is -0.395. The van der Waals surface area contributed by atoms with Gasteiger partial charge in [-0.2, -0.15) is 4.39 Å². The van der Waals surface area contributed by atoms with Crippen LogP contribution in [0.15, 0.2) is 34.5 Å². The van der Waals surface area contributed by atoms with Gasteiger partial charge in [0.15, 0.2) is 5.69 Å². The van der Waals surface area contributed by atoms with E-state index in [0.717, 1.165) is 0 Å². The molecule has 0 aliphatic heterocycles. The lowest BCUT2D eigenvalue weighted by Crippen LogP contribution is -2.11. The summed E-state index contributed by atoms with van der Waals surface area (Å²) in [6.07, 6.45) is 0.0476. The zero-order chi connectivity index (χ0) is 25.4. The van der Waals surface area contributed by atoms with Gasteiger partial charge in [0.2, 0.25) is 11.7 Å². The number of carbonyl (C=O) groups excluding carboxylic acids is 2. The van der Waals surface area contributed by atoms with Crippen LogP contribution in [-0.4, -0.2) is 42.5 Å². The fraction of sp³-hybridized carbons (Fsp3) is 0.263. The normalized spacial score (nSPS) is 10.6. The number of hydrogen-bond acceptors (Lipinski definition) is 11. The van der Waals surface area contributed by atoms with E-state index in [1.165, 1.54) is 33.3 Å². The number of rotatable bonds is 10. The molecule has 0 aliphatic rings. The van der Waals surface area contributed by atoms with Gasteiger partial charge in [0.1, 0.15) is 11.4 Å². The van der Waals surface area contributed by atoms with Crippen LogP contribution in [0, 0.1) is 26.0 Å². The van der Waals surface area contributed by atoms with Crippen molar-refractivity contribution in [3.8, 4) is 5.75 Å². The lowest BCUT2D eigenvalue weighted by Gasteiger charge is -2.14. The Morgan fingerprint density at radius 3 is 2.21 bits per heavy atom. The summed E-state index contributed by atoms with van der Waals surface area (Å²) < 4.78 is 23.8. The molecule has 0 heterocycles. The molecule has 2 rings (SSSR count). The van der Waals surface area contributed by atoms with Crippen molar-refractivity contribution in [2.45, 2.75) is 13.3 Å². The highest BCUT2D eigenvalue weighted by atomic mass is 19.1. The van der Waals surface area contributed by atoms with Crippen LogP contribution < -0.4 is 15.4 Å². The predicted molar refractivity (Wildman–Crippen MR) is 116 cm³/mol. The molecule has 2 aromatic carbocycles. The second-order valence-corrected chi connectivity index (χ2v) is 6.51. The Labute approximate surface area is 191 Å². The zero-order valence-electron chi connectivity index (χ0n) is 18.2. The smallest absolute Gasteiger partial charge is 0.311 e. The number of hydrogen-bond donors (Lipinski definition) is 2. The van der Waals surface area contributed by atoms with Crippen LogP contribution in [0.3, 0.4) is 0 Å². The second kappa shape index (κ2) is 11.3. The van der Waals surface area contributed by atoms with Crippen LogP contribution in [0.5, 0.6) is 5.75 Å². The summed E-state index contributed by atoms with van der Waals surface area (Å²) in [4.78, 5) is 43.0. The summed E-state index contributed by atoms with van der Waals surface area (Å²) in [5.41, 5.74) is -2.04. The molecule has 0 bridgehead atoms. The van der Waals surface area contributed by atoms with E-state index in [-0.39, 0.29) is 30.1 Å². The first kappa shape index (κ1) is 25.6. The molecule has 34 heavy (non-hydrogen) atoms. The maximum Gasteiger partial charge on any atom is 0.311 e. The summed E-state index contributed by atoms with van der Waals surface area (Å²) in [7, 11) is 2.59. The molecular formula is C19H19FN6O8. The minimum Gasteiger partial charge on any atom is -0.495 e. The molecule has 180 valence electrons. The minimum atomic E-state index is -1.34. The number of methoxy groups -OCH3 is 2. The van der Waals surface area contributed by atoms with Crippen molar-refractivity contribution in [3.05, 3.63) is 50.3 Å². The summed E-state index contributed by atoms with van der Waals surface area (Å²) in [6, 6.07) is 3.71. The van der Waals surface area contributed by atoms with Crippen molar-refractivity contribution in [3.63, 3.8) is 0 Å². The average Bonchev–Trinajstić information content (AvgIpc) is 2.77. The average molecular weight is 478 g/mol. The Bertz CT molecular complexity index is 1170. The fourth-order valence-electron chi connectivity index (χ4n) is 2.66. The molecule has 0 saturated heterocycles. The molecular weight excluding hydrogens is 459 g/mol. The molecule has 2 aromatic rings. The van der Waals surface area contributed by atoms with Crippen molar-refractivity contribution < 1.29 is 33.3 Å². The predicted octanol–water partition coefficient (Wildman–Crippen LogP) is 4.00. The topological polar surface area (TPSA) is 188 Å². The van der Waals surface area contributed by atoms with Crippen molar-refractivity contribution in [2.75, 3.05) is 31.4 Å². The quantitative estimate of drug-likeness (QED) is 0.220. The molecule has 0 aliphatic carbocycles. The van der Waals surface area contributed by atoms with E-state index in [2.05, 4.69) is 25.6 Å². The molecule has 0 atom stereocenters. The Hall–Kier alpha value is -4.69. The third-order valence-corrected chi connectivity index (χ3v) is 4.20. The second-order valence-electron chi connectivity index (χ2n) is 6.51. The molecule has 1 amide bonds. The third kappa shape index (κ3) is 6.41. The first-order chi connectivity index (χ1) is 16.1. The summed E-state index contributed by atoms with van der Waals surface area (Å²) >= 11 is 0. The van der Waals surface area contributed by atoms with Gasteiger partial charge in [-0.25, -0.2) is 0 Å². The number of carbonyl (C=O) groups is 2. The van der Waals surface area contributed by atoms with E-state index >= 15 is 0 Å². The number of anilines is 2. The van der Waals surface area contributed by atoms with E-state index in [9.17, 15) is 34.2 Å². The maximum atomic E-state index is 14.0. The van der Waals surface area contributed by atoms with Gasteiger partial charge in [-0.1, -0.05) is 0 Å².